The molecule has 0 amide bonds. The van der Waals surface area contributed by atoms with E-state index in [0.29, 0.717) is 40.3 Å². The van der Waals surface area contributed by atoms with Crippen LogP contribution in [-0.2, 0) is 6.61 Å². The van der Waals surface area contributed by atoms with Gasteiger partial charge in [0, 0.05) is 21.2 Å². The fourth-order valence-electron chi connectivity index (χ4n) is 1.85. The van der Waals surface area contributed by atoms with Crippen LogP contribution >= 0.6 is 23.2 Å². The molecule has 22 heavy (non-hydrogen) atoms. The number of hydrogen-bond acceptors (Lipinski definition) is 4. The number of nitrogens with zero attached hydrogens (tertiary/aromatic N) is 1. The van der Waals surface area contributed by atoms with E-state index in [9.17, 15) is 0 Å². The second-order valence-corrected chi connectivity index (χ2v) is 5.25. The van der Waals surface area contributed by atoms with Gasteiger partial charge in [-0.3, -0.25) is 0 Å². The maximum absolute atomic E-state index is 8.59. The first-order valence-corrected chi connectivity index (χ1v) is 7.40. The molecule has 4 nitrogen and oxygen atoms in total. The third-order valence-corrected chi connectivity index (χ3v) is 3.46. The largest absolute Gasteiger partial charge is 0.490 e. The summed E-state index contributed by atoms with van der Waals surface area (Å²) in [6, 6.07) is 10.5. The van der Waals surface area contributed by atoms with Crippen LogP contribution in [0.3, 0.4) is 0 Å². The Balaban J connectivity index is 2.17. The van der Waals surface area contributed by atoms with Crippen LogP contribution in [-0.4, -0.2) is 18.0 Å². The number of ether oxygens (including phenoxy) is 2. The molecule has 2 aromatic rings. The van der Waals surface area contributed by atoms with Crippen molar-refractivity contribution < 1.29 is 14.7 Å². The van der Waals surface area contributed by atoms with E-state index in [4.69, 9.17) is 37.9 Å². The van der Waals surface area contributed by atoms with E-state index in [-0.39, 0.29) is 0 Å². The van der Waals surface area contributed by atoms with Gasteiger partial charge in [-0.05, 0) is 37.3 Å². The maximum atomic E-state index is 8.59. The smallest absolute Gasteiger partial charge is 0.161 e. The molecule has 2 rings (SSSR count). The Kier molecular flexibility index (Phi) is 5.92. The summed E-state index contributed by atoms with van der Waals surface area (Å²) in [4.78, 5) is 0. The Hall–Kier alpha value is -1.91. The van der Waals surface area contributed by atoms with E-state index >= 15 is 0 Å². The summed E-state index contributed by atoms with van der Waals surface area (Å²) < 4.78 is 11.3. The van der Waals surface area contributed by atoms with Gasteiger partial charge in [0.15, 0.2) is 11.5 Å². The van der Waals surface area contributed by atoms with Crippen LogP contribution in [0.1, 0.15) is 18.1 Å². The standard InChI is InChI=1S/C16H15Cl2NO3/c1-2-21-16-7-11(9-19-20)3-6-15(16)22-10-12-4-5-13(17)8-14(12)18/h3-9,20H,2,10H2,1H3/b19-9+. The fraction of sp³-hybridized carbons (Fsp3) is 0.188. The Morgan fingerprint density at radius 3 is 2.59 bits per heavy atom. The summed E-state index contributed by atoms with van der Waals surface area (Å²) in [5.74, 6) is 1.16. The molecule has 116 valence electrons. The second kappa shape index (κ2) is 7.92. The third kappa shape index (κ3) is 4.29. The van der Waals surface area contributed by atoms with Gasteiger partial charge in [-0.15, -0.1) is 0 Å². The third-order valence-electron chi connectivity index (χ3n) is 2.87. The quantitative estimate of drug-likeness (QED) is 0.468. The first-order valence-electron chi connectivity index (χ1n) is 6.65. The average molecular weight is 340 g/mol. The van der Waals surface area contributed by atoms with Crippen molar-refractivity contribution in [3.8, 4) is 11.5 Å². The van der Waals surface area contributed by atoms with Gasteiger partial charge < -0.3 is 14.7 Å². The summed E-state index contributed by atoms with van der Waals surface area (Å²) >= 11 is 12.0. The van der Waals surface area contributed by atoms with Crippen LogP contribution in [0.5, 0.6) is 11.5 Å². The van der Waals surface area contributed by atoms with Crippen molar-refractivity contribution in [2.75, 3.05) is 6.61 Å². The molecular weight excluding hydrogens is 325 g/mol. The van der Waals surface area contributed by atoms with E-state index in [2.05, 4.69) is 5.16 Å². The second-order valence-electron chi connectivity index (χ2n) is 4.41. The van der Waals surface area contributed by atoms with Gasteiger partial charge in [0.05, 0.1) is 12.8 Å². The van der Waals surface area contributed by atoms with Gasteiger partial charge in [0.1, 0.15) is 6.61 Å². The predicted molar refractivity (Wildman–Crippen MR) is 87.8 cm³/mol. The molecule has 1 N–H and O–H groups in total. The molecule has 0 saturated heterocycles. The highest BCUT2D eigenvalue weighted by molar-refractivity contribution is 6.35. The van der Waals surface area contributed by atoms with Gasteiger partial charge in [0.25, 0.3) is 0 Å². The average Bonchev–Trinajstić information content (AvgIpc) is 2.49. The van der Waals surface area contributed by atoms with E-state index in [0.717, 1.165) is 5.56 Å². The van der Waals surface area contributed by atoms with E-state index in [1.54, 1.807) is 30.3 Å². The lowest BCUT2D eigenvalue weighted by molar-refractivity contribution is 0.269. The molecule has 0 spiro atoms. The maximum Gasteiger partial charge on any atom is 0.161 e. The van der Waals surface area contributed by atoms with Crippen LogP contribution in [0.4, 0.5) is 0 Å². The summed E-state index contributed by atoms with van der Waals surface area (Å²) in [6.45, 7) is 2.67. The first kappa shape index (κ1) is 16.5. The van der Waals surface area contributed by atoms with Crippen molar-refractivity contribution in [3.63, 3.8) is 0 Å². The van der Waals surface area contributed by atoms with Crippen LogP contribution < -0.4 is 9.47 Å². The Bertz CT molecular complexity index is 674. The number of rotatable bonds is 6. The number of hydrogen-bond donors (Lipinski definition) is 1. The summed E-state index contributed by atoms with van der Waals surface area (Å²) in [6.07, 6.45) is 1.32. The van der Waals surface area contributed by atoms with Crippen molar-refractivity contribution in [2.45, 2.75) is 13.5 Å². The zero-order chi connectivity index (χ0) is 15.9. The number of halogens is 2. The van der Waals surface area contributed by atoms with Crippen LogP contribution in [0.25, 0.3) is 0 Å². The zero-order valence-electron chi connectivity index (χ0n) is 11.9. The molecule has 0 aliphatic carbocycles. The fourth-order valence-corrected chi connectivity index (χ4v) is 2.32. The molecule has 2 aromatic carbocycles. The van der Waals surface area contributed by atoms with Gasteiger partial charge in [0.2, 0.25) is 0 Å². The van der Waals surface area contributed by atoms with Crippen molar-refractivity contribution in [1.82, 2.24) is 0 Å². The molecular formula is C16H15Cl2NO3. The first-order chi connectivity index (χ1) is 10.6. The Morgan fingerprint density at radius 1 is 1.09 bits per heavy atom. The Labute approximate surface area is 138 Å². The topological polar surface area (TPSA) is 51.0 Å². The number of oxime groups is 1. The van der Waals surface area contributed by atoms with Gasteiger partial charge in [-0.1, -0.05) is 34.4 Å². The zero-order valence-corrected chi connectivity index (χ0v) is 13.4. The molecule has 6 heteroatoms. The molecule has 0 aromatic heterocycles. The van der Waals surface area contributed by atoms with Gasteiger partial charge in [-0.25, -0.2) is 0 Å². The lowest BCUT2D eigenvalue weighted by Gasteiger charge is -2.13. The molecule has 0 aliphatic rings. The molecule has 0 unspecified atom stereocenters. The van der Waals surface area contributed by atoms with Crippen molar-refractivity contribution in [1.29, 1.82) is 0 Å². The van der Waals surface area contributed by atoms with Gasteiger partial charge >= 0.3 is 0 Å². The minimum absolute atomic E-state index is 0.295. The monoisotopic (exact) mass is 339 g/mol. The van der Waals surface area contributed by atoms with E-state index in [1.165, 1.54) is 6.21 Å². The number of benzene rings is 2. The predicted octanol–water partition coefficient (Wildman–Crippen LogP) is 4.78. The van der Waals surface area contributed by atoms with Crippen molar-refractivity contribution >= 4 is 29.4 Å². The minimum Gasteiger partial charge on any atom is -0.490 e. The highest BCUT2D eigenvalue weighted by atomic mass is 35.5. The van der Waals surface area contributed by atoms with E-state index < -0.39 is 0 Å². The minimum atomic E-state index is 0.295. The molecule has 0 fully saturated rings. The molecule has 0 bridgehead atoms. The van der Waals surface area contributed by atoms with Crippen LogP contribution in [0.2, 0.25) is 10.0 Å². The lowest BCUT2D eigenvalue weighted by atomic mass is 10.2. The highest BCUT2D eigenvalue weighted by Crippen LogP contribution is 2.30. The highest BCUT2D eigenvalue weighted by Gasteiger charge is 2.08. The lowest BCUT2D eigenvalue weighted by Crippen LogP contribution is -2.01. The van der Waals surface area contributed by atoms with Crippen molar-refractivity contribution in [2.24, 2.45) is 5.16 Å². The molecule has 0 radical (unpaired) electrons. The molecule has 0 aliphatic heterocycles. The van der Waals surface area contributed by atoms with Crippen molar-refractivity contribution in [3.05, 3.63) is 57.6 Å². The normalized spacial score (nSPS) is 10.9. The summed E-state index contributed by atoms with van der Waals surface area (Å²) in [7, 11) is 0. The summed E-state index contributed by atoms with van der Waals surface area (Å²) in [5, 5.41) is 12.7. The Morgan fingerprint density at radius 2 is 1.91 bits per heavy atom. The molecule has 0 heterocycles. The van der Waals surface area contributed by atoms with E-state index in [1.807, 2.05) is 13.0 Å². The molecule has 0 atom stereocenters. The van der Waals surface area contributed by atoms with Crippen LogP contribution in [0.15, 0.2) is 41.6 Å². The summed E-state index contributed by atoms with van der Waals surface area (Å²) in [5.41, 5.74) is 1.54. The molecule has 0 saturated carbocycles. The SMILES string of the molecule is CCOc1cc(/C=N/O)ccc1OCc1ccc(Cl)cc1Cl. The van der Waals surface area contributed by atoms with Gasteiger partial charge in [-0.2, -0.15) is 0 Å². The van der Waals surface area contributed by atoms with Crippen LogP contribution in [0, 0.1) is 0 Å².